The van der Waals surface area contributed by atoms with Crippen molar-refractivity contribution in [1.29, 1.82) is 0 Å². The van der Waals surface area contributed by atoms with Crippen LogP contribution in [0.15, 0.2) is 63.8 Å². The van der Waals surface area contributed by atoms with E-state index in [0.29, 0.717) is 24.6 Å². The number of para-hydroxylation sites is 1. The van der Waals surface area contributed by atoms with Crippen molar-refractivity contribution in [3.8, 4) is 0 Å². The Balaban J connectivity index is 1.20. The van der Waals surface area contributed by atoms with Gasteiger partial charge in [-0.25, -0.2) is 4.68 Å². The standard InChI is InChI=1S/C27H34N6O3/c1-2-12-29-13-15-32(16-14-29)27(35)24-9-8-23(36-24)21-33-26(34)11-10-25(28-33)31-19-17-30(18-20-31)22-6-4-3-5-7-22/h3-11H,2,12-21H2,1H3. The number of carbonyl (C=O) groups is 1. The molecule has 3 aromatic rings. The Morgan fingerprint density at radius 1 is 0.861 bits per heavy atom. The predicted molar refractivity (Wildman–Crippen MR) is 140 cm³/mol. The topological polar surface area (TPSA) is 78.1 Å². The smallest absolute Gasteiger partial charge is 0.289 e. The van der Waals surface area contributed by atoms with Gasteiger partial charge in [0, 0.05) is 64.1 Å². The molecule has 0 spiro atoms. The van der Waals surface area contributed by atoms with Gasteiger partial charge in [-0.1, -0.05) is 25.1 Å². The van der Waals surface area contributed by atoms with E-state index in [0.717, 1.165) is 58.1 Å². The second kappa shape index (κ2) is 11.0. The Hall–Kier alpha value is -3.59. The van der Waals surface area contributed by atoms with Gasteiger partial charge < -0.3 is 19.1 Å². The molecule has 2 aromatic heterocycles. The summed E-state index contributed by atoms with van der Waals surface area (Å²) in [5, 5.41) is 4.61. The lowest BCUT2D eigenvalue weighted by Gasteiger charge is -2.36. The summed E-state index contributed by atoms with van der Waals surface area (Å²) >= 11 is 0. The van der Waals surface area contributed by atoms with E-state index in [1.54, 1.807) is 24.3 Å². The molecule has 36 heavy (non-hydrogen) atoms. The van der Waals surface area contributed by atoms with Crippen molar-refractivity contribution >= 4 is 17.4 Å². The van der Waals surface area contributed by atoms with Gasteiger partial charge in [-0.3, -0.25) is 14.5 Å². The minimum absolute atomic E-state index is 0.0947. The molecule has 0 bridgehead atoms. The first-order valence-electron chi connectivity index (χ1n) is 12.8. The Morgan fingerprint density at radius 3 is 2.31 bits per heavy atom. The van der Waals surface area contributed by atoms with Crippen LogP contribution in [-0.4, -0.2) is 84.4 Å². The molecular formula is C27H34N6O3. The summed E-state index contributed by atoms with van der Waals surface area (Å²) in [5.41, 5.74) is 1.03. The Morgan fingerprint density at radius 2 is 1.58 bits per heavy atom. The number of hydrogen-bond acceptors (Lipinski definition) is 7. The number of aromatic nitrogens is 2. The molecule has 2 aliphatic rings. The molecule has 1 amide bonds. The molecule has 0 N–H and O–H groups in total. The van der Waals surface area contributed by atoms with Gasteiger partial charge in [0.1, 0.15) is 18.1 Å². The van der Waals surface area contributed by atoms with Crippen LogP contribution in [0.25, 0.3) is 0 Å². The lowest BCUT2D eigenvalue weighted by molar-refractivity contribution is 0.0604. The molecular weight excluding hydrogens is 456 g/mol. The van der Waals surface area contributed by atoms with Crippen molar-refractivity contribution in [3.05, 3.63) is 76.5 Å². The molecule has 0 atom stereocenters. The Labute approximate surface area is 211 Å². The number of amides is 1. The zero-order chi connectivity index (χ0) is 24.9. The van der Waals surface area contributed by atoms with Crippen LogP contribution in [0.2, 0.25) is 0 Å². The number of piperazine rings is 2. The third kappa shape index (κ3) is 5.46. The third-order valence-corrected chi connectivity index (χ3v) is 6.95. The molecule has 9 heteroatoms. The maximum atomic E-state index is 12.9. The molecule has 1 aromatic carbocycles. The minimum Gasteiger partial charge on any atom is -0.454 e. The van der Waals surface area contributed by atoms with Crippen LogP contribution in [0.4, 0.5) is 11.5 Å². The highest BCUT2D eigenvalue weighted by Gasteiger charge is 2.24. The van der Waals surface area contributed by atoms with Crippen molar-refractivity contribution in [2.45, 2.75) is 19.9 Å². The van der Waals surface area contributed by atoms with Crippen LogP contribution in [-0.2, 0) is 6.54 Å². The van der Waals surface area contributed by atoms with Gasteiger partial charge in [-0.2, -0.15) is 5.10 Å². The van der Waals surface area contributed by atoms with E-state index in [1.165, 1.54) is 10.4 Å². The SMILES string of the molecule is CCCN1CCN(C(=O)c2ccc(Cn3nc(N4CCN(c5ccccc5)CC4)ccc3=O)o2)CC1. The number of furan rings is 1. The average molecular weight is 491 g/mol. The lowest BCUT2D eigenvalue weighted by atomic mass is 10.2. The normalized spacial score (nSPS) is 17.0. The molecule has 0 radical (unpaired) electrons. The van der Waals surface area contributed by atoms with Gasteiger partial charge in [-0.05, 0) is 43.3 Å². The summed E-state index contributed by atoms with van der Waals surface area (Å²) < 4.78 is 7.27. The van der Waals surface area contributed by atoms with E-state index in [-0.39, 0.29) is 18.0 Å². The zero-order valence-corrected chi connectivity index (χ0v) is 20.9. The highest BCUT2D eigenvalue weighted by Crippen LogP contribution is 2.19. The first-order chi connectivity index (χ1) is 17.6. The fourth-order valence-corrected chi connectivity index (χ4v) is 4.92. The third-order valence-electron chi connectivity index (χ3n) is 6.95. The van der Waals surface area contributed by atoms with E-state index in [4.69, 9.17) is 4.42 Å². The highest BCUT2D eigenvalue weighted by molar-refractivity contribution is 5.91. The number of nitrogens with zero attached hydrogens (tertiary/aromatic N) is 6. The fraction of sp³-hybridized carbons (Fsp3) is 0.444. The molecule has 190 valence electrons. The Kier molecular flexibility index (Phi) is 7.36. The van der Waals surface area contributed by atoms with Crippen molar-refractivity contribution in [1.82, 2.24) is 19.6 Å². The van der Waals surface area contributed by atoms with Crippen LogP contribution < -0.4 is 15.4 Å². The summed E-state index contributed by atoms with van der Waals surface area (Å²) in [4.78, 5) is 34.2. The first kappa shape index (κ1) is 24.1. The van der Waals surface area contributed by atoms with Crippen LogP contribution in [0.1, 0.15) is 29.7 Å². The second-order valence-electron chi connectivity index (χ2n) is 9.40. The number of carbonyl (C=O) groups excluding carboxylic acids is 1. The van der Waals surface area contributed by atoms with E-state index in [9.17, 15) is 9.59 Å². The van der Waals surface area contributed by atoms with E-state index in [2.05, 4.69) is 51.0 Å². The van der Waals surface area contributed by atoms with Crippen LogP contribution in [0.3, 0.4) is 0 Å². The lowest BCUT2D eigenvalue weighted by Crippen LogP contribution is -2.48. The van der Waals surface area contributed by atoms with E-state index >= 15 is 0 Å². The van der Waals surface area contributed by atoms with Crippen molar-refractivity contribution in [2.75, 3.05) is 68.7 Å². The summed E-state index contributed by atoms with van der Waals surface area (Å²) in [5.74, 6) is 1.54. The quantitative estimate of drug-likeness (QED) is 0.503. The summed E-state index contributed by atoms with van der Waals surface area (Å²) in [6.45, 7) is 10.0. The first-order valence-corrected chi connectivity index (χ1v) is 12.8. The minimum atomic E-state index is -0.196. The maximum Gasteiger partial charge on any atom is 0.289 e. The van der Waals surface area contributed by atoms with Gasteiger partial charge in [0.05, 0.1) is 0 Å². The molecule has 0 unspecified atom stereocenters. The second-order valence-corrected chi connectivity index (χ2v) is 9.40. The predicted octanol–water partition coefficient (Wildman–Crippen LogP) is 2.38. The molecule has 0 saturated carbocycles. The summed E-state index contributed by atoms with van der Waals surface area (Å²) in [6, 6.07) is 17.2. The molecule has 9 nitrogen and oxygen atoms in total. The van der Waals surface area contributed by atoms with Gasteiger partial charge in [-0.15, -0.1) is 0 Å². The molecule has 2 fully saturated rings. The summed E-state index contributed by atoms with van der Waals surface area (Å²) in [7, 11) is 0. The molecule has 5 rings (SSSR count). The maximum absolute atomic E-state index is 12.9. The van der Waals surface area contributed by atoms with Gasteiger partial charge in [0.25, 0.3) is 11.5 Å². The number of anilines is 2. The van der Waals surface area contributed by atoms with E-state index < -0.39 is 0 Å². The number of benzene rings is 1. The van der Waals surface area contributed by atoms with Crippen LogP contribution in [0.5, 0.6) is 0 Å². The van der Waals surface area contributed by atoms with Gasteiger partial charge >= 0.3 is 0 Å². The Bertz CT molecular complexity index is 1210. The number of hydrogen-bond donors (Lipinski definition) is 0. The fourth-order valence-electron chi connectivity index (χ4n) is 4.92. The van der Waals surface area contributed by atoms with Crippen molar-refractivity contribution < 1.29 is 9.21 Å². The number of rotatable bonds is 7. The largest absolute Gasteiger partial charge is 0.454 e. The van der Waals surface area contributed by atoms with Crippen LogP contribution in [0, 0.1) is 0 Å². The van der Waals surface area contributed by atoms with Crippen LogP contribution >= 0.6 is 0 Å². The molecule has 0 aliphatic carbocycles. The monoisotopic (exact) mass is 490 g/mol. The van der Waals surface area contributed by atoms with E-state index in [1.807, 2.05) is 11.0 Å². The van der Waals surface area contributed by atoms with Gasteiger partial charge in [0.2, 0.25) is 0 Å². The van der Waals surface area contributed by atoms with Crippen molar-refractivity contribution in [3.63, 3.8) is 0 Å². The highest BCUT2D eigenvalue weighted by atomic mass is 16.4. The molecule has 2 saturated heterocycles. The van der Waals surface area contributed by atoms with Crippen molar-refractivity contribution in [2.24, 2.45) is 0 Å². The molecule has 2 aliphatic heterocycles. The zero-order valence-electron chi connectivity index (χ0n) is 20.9. The molecule has 4 heterocycles. The summed E-state index contributed by atoms with van der Waals surface area (Å²) in [6.07, 6.45) is 1.12. The van der Waals surface area contributed by atoms with Gasteiger partial charge in [0.15, 0.2) is 5.76 Å². The average Bonchev–Trinajstić information content (AvgIpc) is 3.39.